The molecule has 0 atom stereocenters. The van der Waals surface area contributed by atoms with Gasteiger partial charge in [0.05, 0.1) is 0 Å². The van der Waals surface area contributed by atoms with E-state index in [0.29, 0.717) is 12.8 Å². The standard InChI is InChI=1S/C15H16BrN5OS/c1-9(2)14-18-19-15-21(14)20-13(23-15)8-7-12(22)17-11-5-3-10(16)4-6-11/h3-6,9H,7-8H2,1-2H3,(H,17,22). The summed E-state index contributed by atoms with van der Waals surface area (Å²) in [5, 5.41) is 16.5. The molecule has 6 nitrogen and oxygen atoms in total. The Morgan fingerprint density at radius 3 is 2.74 bits per heavy atom. The van der Waals surface area contributed by atoms with Gasteiger partial charge >= 0.3 is 0 Å². The Hall–Kier alpha value is -1.80. The van der Waals surface area contributed by atoms with Crippen LogP contribution in [0.25, 0.3) is 4.96 Å². The van der Waals surface area contributed by atoms with Crippen molar-refractivity contribution in [3.8, 4) is 0 Å². The molecule has 8 heteroatoms. The number of amides is 1. The summed E-state index contributed by atoms with van der Waals surface area (Å²) < 4.78 is 2.76. The van der Waals surface area contributed by atoms with Crippen LogP contribution in [0.2, 0.25) is 0 Å². The average Bonchev–Trinajstić information content (AvgIpc) is 3.07. The molecule has 0 unspecified atom stereocenters. The summed E-state index contributed by atoms with van der Waals surface area (Å²) in [6.07, 6.45) is 0.977. The fraction of sp³-hybridized carbons (Fsp3) is 0.333. The highest BCUT2D eigenvalue weighted by atomic mass is 79.9. The first-order chi connectivity index (χ1) is 11.0. The van der Waals surface area contributed by atoms with Gasteiger partial charge in [-0.05, 0) is 24.3 Å². The second kappa shape index (κ2) is 6.76. The molecule has 0 aliphatic carbocycles. The highest BCUT2D eigenvalue weighted by Gasteiger charge is 2.14. The van der Waals surface area contributed by atoms with Crippen LogP contribution < -0.4 is 5.32 Å². The summed E-state index contributed by atoms with van der Waals surface area (Å²) in [4.78, 5) is 12.8. The van der Waals surface area contributed by atoms with Crippen molar-refractivity contribution in [1.29, 1.82) is 0 Å². The summed E-state index contributed by atoms with van der Waals surface area (Å²) >= 11 is 4.85. The van der Waals surface area contributed by atoms with Crippen LogP contribution in [-0.2, 0) is 11.2 Å². The summed E-state index contributed by atoms with van der Waals surface area (Å²) in [5.41, 5.74) is 0.790. The number of carbonyl (C=O) groups excluding carboxylic acids is 1. The van der Waals surface area contributed by atoms with E-state index in [1.54, 1.807) is 4.52 Å². The maximum atomic E-state index is 12.0. The molecule has 2 heterocycles. The Bertz CT molecular complexity index is 824. The molecular formula is C15H16BrN5OS. The number of anilines is 1. The number of carbonyl (C=O) groups is 1. The number of benzene rings is 1. The molecule has 1 N–H and O–H groups in total. The number of aromatic nitrogens is 4. The van der Waals surface area contributed by atoms with E-state index in [4.69, 9.17) is 0 Å². The zero-order chi connectivity index (χ0) is 16.4. The van der Waals surface area contributed by atoms with Gasteiger partial charge in [-0.25, -0.2) is 0 Å². The molecule has 1 aromatic carbocycles. The smallest absolute Gasteiger partial charge is 0.234 e. The Labute approximate surface area is 146 Å². The van der Waals surface area contributed by atoms with Gasteiger partial charge in [0, 0.05) is 28.9 Å². The lowest BCUT2D eigenvalue weighted by Gasteiger charge is -2.04. The number of nitrogens with zero attached hydrogens (tertiary/aromatic N) is 4. The number of hydrogen-bond donors (Lipinski definition) is 1. The highest BCUT2D eigenvalue weighted by Crippen LogP contribution is 2.20. The monoisotopic (exact) mass is 393 g/mol. The molecule has 0 spiro atoms. The predicted molar refractivity (Wildman–Crippen MR) is 93.8 cm³/mol. The van der Waals surface area contributed by atoms with Gasteiger partial charge in [0.25, 0.3) is 0 Å². The summed E-state index contributed by atoms with van der Waals surface area (Å²) in [6, 6.07) is 7.51. The van der Waals surface area contributed by atoms with E-state index >= 15 is 0 Å². The van der Waals surface area contributed by atoms with Gasteiger partial charge in [0.1, 0.15) is 5.01 Å². The van der Waals surface area contributed by atoms with Crippen molar-refractivity contribution in [3.63, 3.8) is 0 Å². The highest BCUT2D eigenvalue weighted by molar-refractivity contribution is 9.10. The molecular weight excluding hydrogens is 378 g/mol. The minimum absolute atomic E-state index is 0.0256. The van der Waals surface area contributed by atoms with Crippen LogP contribution >= 0.6 is 27.3 Å². The lowest BCUT2D eigenvalue weighted by atomic mass is 10.2. The van der Waals surface area contributed by atoms with Gasteiger partial charge in [0.15, 0.2) is 5.82 Å². The molecule has 0 radical (unpaired) electrons. The molecule has 0 aliphatic heterocycles. The minimum atomic E-state index is -0.0256. The quantitative estimate of drug-likeness (QED) is 0.717. The normalized spacial score (nSPS) is 11.3. The third-order valence-electron chi connectivity index (χ3n) is 3.27. The molecule has 0 saturated heterocycles. The average molecular weight is 394 g/mol. The van der Waals surface area contributed by atoms with Gasteiger partial charge in [-0.15, -0.1) is 10.2 Å². The largest absolute Gasteiger partial charge is 0.326 e. The van der Waals surface area contributed by atoms with Gasteiger partial charge in [-0.2, -0.15) is 9.61 Å². The number of aryl methyl sites for hydroxylation is 1. The minimum Gasteiger partial charge on any atom is -0.326 e. The van der Waals surface area contributed by atoms with E-state index in [2.05, 4.69) is 50.4 Å². The summed E-state index contributed by atoms with van der Waals surface area (Å²) in [5.74, 6) is 1.09. The summed E-state index contributed by atoms with van der Waals surface area (Å²) in [6.45, 7) is 4.11. The zero-order valence-corrected chi connectivity index (χ0v) is 15.2. The zero-order valence-electron chi connectivity index (χ0n) is 12.8. The van der Waals surface area contributed by atoms with Crippen molar-refractivity contribution in [2.75, 3.05) is 5.32 Å². The second-order valence-corrected chi connectivity index (χ2v) is 7.41. The molecule has 2 aromatic heterocycles. The Morgan fingerprint density at radius 2 is 2.04 bits per heavy atom. The van der Waals surface area contributed by atoms with Crippen molar-refractivity contribution in [2.24, 2.45) is 0 Å². The summed E-state index contributed by atoms with van der Waals surface area (Å²) in [7, 11) is 0. The first-order valence-electron chi connectivity index (χ1n) is 7.29. The number of hydrogen-bond acceptors (Lipinski definition) is 5. The molecule has 1 amide bonds. The fourth-order valence-electron chi connectivity index (χ4n) is 2.11. The van der Waals surface area contributed by atoms with Crippen molar-refractivity contribution in [3.05, 3.63) is 39.6 Å². The lowest BCUT2D eigenvalue weighted by Crippen LogP contribution is -2.12. The van der Waals surface area contributed by atoms with E-state index in [0.717, 1.165) is 26.0 Å². The van der Waals surface area contributed by atoms with E-state index in [9.17, 15) is 4.79 Å². The molecule has 3 rings (SSSR count). The van der Waals surface area contributed by atoms with E-state index in [1.807, 2.05) is 24.3 Å². The van der Waals surface area contributed by atoms with Gasteiger partial charge < -0.3 is 5.32 Å². The molecule has 0 saturated carbocycles. The Balaban J connectivity index is 1.61. The Morgan fingerprint density at radius 1 is 1.30 bits per heavy atom. The molecule has 120 valence electrons. The van der Waals surface area contributed by atoms with Crippen molar-refractivity contribution in [1.82, 2.24) is 19.8 Å². The SMILES string of the molecule is CC(C)c1nnc2sc(CCC(=O)Nc3ccc(Br)cc3)nn12. The van der Waals surface area contributed by atoms with Gasteiger partial charge in [-0.1, -0.05) is 41.1 Å². The molecule has 0 fully saturated rings. The van der Waals surface area contributed by atoms with Crippen molar-refractivity contribution >= 4 is 43.8 Å². The van der Waals surface area contributed by atoms with Crippen LogP contribution in [0, 0.1) is 0 Å². The van der Waals surface area contributed by atoms with E-state index in [1.165, 1.54) is 11.3 Å². The number of halogens is 1. The van der Waals surface area contributed by atoms with Crippen LogP contribution in [0.4, 0.5) is 5.69 Å². The van der Waals surface area contributed by atoms with Crippen LogP contribution in [0.15, 0.2) is 28.7 Å². The van der Waals surface area contributed by atoms with E-state index in [-0.39, 0.29) is 11.8 Å². The topological polar surface area (TPSA) is 72.2 Å². The molecule has 23 heavy (non-hydrogen) atoms. The Kier molecular flexibility index (Phi) is 4.72. The predicted octanol–water partition coefficient (Wildman–Crippen LogP) is 3.64. The first-order valence-corrected chi connectivity index (χ1v) is 8.90. The van der Waals surface area contributed by atoms with Crippen molar-refractivity contribution in [2.45, 2.75) is 32.6 Å². The maximum absolute atomic E-state index is 12.0. The molecule has 3 aromatic rings. The third-order valence-corrected chi connectivity index (χ3v) is 4.75. The van der Waals surface area contributed by atoms with Gasteiger partial charge in [-0.3, -0.25) is 4.79 Å². The maximum Gasteiger partial charge on any atom is 0.234 e. The fourth-order valence-corrected chi connectivity index (χ4v) is 3.21. The van der Waals surface area contributed by atoms with Crippen LogP contribution in [0.5, 0.6) is 0 Å². The van der Waals surface area contributed by atoms with Crippen LogP contribution in [0.1, 0.15) is 37.0 Å². The van der Waals surface area contributed by atoms with Gasteiger partial charge in [0.2, 0.25) is 10.9 Å². The third kappa shape index (κ3) is 3.76. The lowest BCUT2D eigenvalue weighted by molar-refractivity contribution is -0.116. The number of fused-ring (bicyclic) bond motifs is 1. The first kappa shape index (κ1) is 16.1. The number of nitrogens with one attached hydrogen (secondary N) is 1. The van der Waals surface area contributed by atoms with Crippen LogP contribution in [-0.4, -0.2) is 25.7 Å². The van der Waals surface area contributed by atoms with Crippen LogP contribution in [0.3, 0.4) is 0 Å². The number of rotatable bonds is 5. The molecule has 0 aliphatic rings. The van der Waals surface area contributed by atoms with Crippen molar-refractivity contribution < 1.29 is 4.79 Å². The van der Waals surface area contributed by atoms with E-state index < -0.39 is 0 Å². The molecule has 0 bridgehead atoms. The second-order valence-electron chi connectivity index (χ2n) is 5.46.